The van der Waals surface area contributed by atoms with Crippen molar-refractivity contribution in [2.45, 2.75) is 6.92 Å². The van der Waals surface area contributed by atoms with Gasteiger partial charge in [-0.15, -0.1) is 0 Å². The molecule has 0 aromatic carbocycles. The fourth-order valence-corrected chi connectivity index (χ4v) is 0. The summed E-state index contributed by atoms with van der Waals surface area (Å²) in [6.07, 6.45) is 0. The lowest BCUT2D eigenvalue weighted by Crippen LogP contribution is -1.10. The van der Waals surface area contributed by atoms with E-state index in [9.17, 15) is 0 Å². The summed E-state index contributed by atoms with van der Waals surface area (Å²) in [5.74, 6) is 0. The molecule has 0 aliphatic heterocycles. The van der Waals surface area contributed by atoms with Crippen LogP contribution in [-0.4, -0.2) is 5.48 Å². The van der Waals surface area contributed by atoms with Gasteiger partial charge in [0.1, 0.15) is 0 Å². The van der Waals surface area contributed by atoms with Crippen LogP contribution < -0.4 is 0 Å². The lowest BCUT2D eigenvalue weighted by atomic mass is 11.0. The van der Waals surface area contributed by atoms with E-state index in [4.69, 9.17) is 5.26 Å². The molecule has 1 radical (unpaired) electrons. The van der Waals surface area contributed by atoms with Gasteiger partial charge in [0.15, 0.2) is 0 Å². The summed E-state index contributed by atoms with van der Waals surface area (Å²) in [6.45, 7) is 1.43. The fourth-order valence-electron chi connectivity index (χ4n) is 0. The molecule has 0 spiro atoms. The first kappa shape index (κ1) is 25.2. The first-order valence-corrected chi connectivity index (χ1v) is 0.724. The van der Waals surface area contributed by atoms with Crippen molar-refractivity contribution in [2.75, 3.05) is 0 Å². The van der Waals surface area contributed by atoms with Gasteiger partial charge < -0.3 is 5.48 Å². The van der Waals surface area contributed by atoms with Crippen LogP contribution in [0.15, 0.2) is 0 Å². The SMILES string of the molecule is CC#N.O.[CH3]. The first-order valence-electron chi connectivity index (χ1n) is 0.724. The average Bonchev–Trinajstić information content (AvgIpc) is 0.918. The Morgan fingerprint density at radius 1 is 1.60 bits per heavy atom. The van der Waals surface area contributed by atoms with Crippen molar-refractivity contribution in [3.8, 4) is 6.07 Å². The molecule has 0 aliphatic rings. The Kier molecular flexibility index (Phi) is 515. The zero-order chi connectivity index (χ0) is 2.71. The molecule has 0 rings (SSSR count). The van der Waals surface area contributed by atoms with Gasteiger partial charge in [0.25, 0.3) is 0 Å². The molecule has 0 aliphatic carbocycles. The van der Waals surface area contributed by atoms with Crippen LogP contribution in [0.25, 0.3) is 0 Å². The van der Waals surface area contributed by atoms with Crippen molar-refractivity contribution in [1.82, 2.24) is 0 Å². The van der Waals surface area contributed by atoms with Gasteiger partial charge in [-0.25, -0.2) is 0 Å². The Bertz CT molecular complexity index is 28.4. The van der Waals surface area contributed by atoms with Gasteiger partial charge in [0.2, 0.25) is 0 Å². The predicted octanol–water partition coefficient (Wildman–Crippen LogP) is 0.155. The maximum Gasteiger partial charge on any atom is 0.0587 e. The molecule has 0 unspecified atom stereocenters. The van der Waals surface area contributed by atoms with E-state index in [1.807, 2.05) is 0 Å². The molecule has 0 bridgehead atoms. The minimum absolute atomic E-state index is 0. The normalized spacial score (nSPS) is 1.60. The van der Waals surface area contributed by atoms with Crippen LogP contribution in [0, 0.1) is 18.8 Å². The third-order valence-corrected chi connectivity index (χ3v) is 0. The van der Waals surface area contributed by atoms with Gasteiger partial charge in [-0.05, 0) is 0 Å². The van der Waals surface area contributed by atoms with Crippen LogP contribution in [0.1, 0.15) is 6.92 Å². The van der Waals surface area contributed by atoms with Crippen LogP contribution in [0.2, 0.25) is 0 Å². The Morgan fingerprint density at radius 3 is 1.60 bits per heavy atom. The van der Waals surface area contributed by atoms with Gasteiger partial charge in [-0.3, -0.25) is 0 Å². The standard InChI is InChI=1S/C2H3N.CH3.H2O/c1-2-3;;/h1H3;1H3;1H2. The van der Waals surface area contributed by atoms with Crippen molar-refractivity contribution in [2.24, 2.45) is 0 Å². The first-order chi connectivity index (χ1) is 1.41. The highest BCUT2D eigenvalue weighted by Crippen LogP contribution is 1.21. The van der Waals surface area contributed by atoms with Crippen LogP contribution in [0.3, 0.4) is 0 Å². The highest BCUT2D eigenvalue weighted by atomic mass is 16.0. The molecule has 0 heterocycles. The van der Waals surface area contributed by atoms with Gasteiger partial charge in [0.05, 0.1) is 6.07 Å². The van der Waals surface area contributed by atoms with E-state index in [1.54, 1.807) is 6.07 Å². The van der Waals surface area contributed by atoms with E-state index in [-0.39, 0.29) is 12.9 Å². The Labute approximate surface area is 32.3 Å². The zero-order valence-electron chi connectivity index (χ0n) is 3.45. The molecule has 0 amide bonds. The van der Waals surface area contributed by atoms with E-state index >= 15 is 0 Å². The van der Waals surface area contributed by atoms with E-state index in [0.717, 1.165) is 0 Å². The van der Waals surface area contributed by atoms with Gasteiger partial charge in [-0.2, -0.15) is 5.26 Å². The summed E-state index contributed by atoms with van der Waals surface area (Å²) in [5.41, 5.74) is 0. The van der Waals surface area contributed by atoms with E-state index in [2.05, 4.69) is 0 Å². The van der Waals surface area contributed by atoms with Gasteiger partial charge >= 0.3 is 0 Å². The lowest BCUT2D eigenvalue weighted by molar-refractivity contribution is 0.824. The smallest absolute Gasteiger partial charge is 0.0587 e. The molecule has 2 heteroatoms. The topological polar surface area (TPSA) is 55.3 Å². The monoisotopic (exact) mass is 74.1 g/mol. The van der Waals surface area contributed by atoms with E-state index in [0.29, 0.717) is 0 Å². The average molecular weight is 74.1 g/mol. The molecule has 0 atom stereocenters. The van der Waals surface area contributed by atoms with E-state index < -0.39 is 0 Å². The number of nitrogens with zero attached hydrogens (tertiary/aromatic N) is 1. The maximum atomic E-state index is 7.32. The minimum Gasteiger partial charge on any atom is -0.412 e. The summed E-state index contributed by atoms with van der Waals surface area (Å²) in [7, 11) is 0. The third kappa shape index (κ3) is 24.0. The molecule has 0 saturated heterocycles. The molecule has 0 aromatic rings. The summed E-state index contributed by atoms with van der Waals surface area (Å²) in [4.78, 5) is 0. The predicted molar refractivity (Wildman–Crippen MR) is 21.3 cm³/mol. The highest BCUT2D eigenvalue weighted by Gasteiger charge is 1.17. The molecule has 2 N–H and O–H groups in total. The summed E-state index contributed by atoms with van der Waals surface area (Å²) < 4.78 is 0. The molecular formula is C3H8NO. The zero-order valence-corrected chi connectivity index (χ0v) is 3.45. The number of hydrogen-bond acceptors (Lipinski definition) is 1. The van der Waals surface area contributed by atoms with Crippen LogP contribution in [-0.2, 0) is 0 Å². The van der Waals surface area contributed by atoms with Crippen molar-refractivity contribution < 1.29 is 5.48 Å². The lowest BCUT2D eigenvalue weighted by Gasteiger charge is -1.15. The molecule has 2 nitrogen and oxygen atoms in total. The fraction of sp³-hybridized carbons (Fsp3) is 0.333. The summed E-state index contributed by atoms with van der Waals surface area (Å²) in [5, 5.41) is 7.32. The Morgan fingerprint density at radius 2 is 1.60 bits per heavy atom. The maximum absolute atomic E-state index is 7.32. The Hall–Kier alpha value is -0.550. The van der Waals surface area contributed by atoms with Crippen LogP contribution >= 0.6 is 0 Å². The molecule has 0 fully saturated rings. The molecule has 0 saturated carbocycles. The van der Waals surface area contributed by atoms with Crippen LogP contribution in [0.4, 0.5) is 0 Å². The van der Waals surface area contributed by atoms with Gasteiger partial charge in [0, 0.05) is 6.92 Å². The van der Waals surface area contributed by atoms with Crippen molar-refractivity contribution in [3.63, 3.8) is 0 Å². The Balaban J connectivity index is -0.0000000200. The summed E-state index contributed by atoms with van der Waals surface area (Å²) in [6, 6.07) is 1.75. The second-order valence-electron chi connectivity index (χ2n) is 0.224. The second kappa shape index (κ2) is 102. The highest BCUT2D eigenvalue weighted by molar-refractivity contribution is 4.51. The van der Waals surface area contributed by atoms with Crippen molar-refractivity contribution >= 4 is 0 Å². The minimum atomic E-state index is 0. The van der Waals surface area contributed by atoms with Crippen molar-refractivity contribution in [1.29, 1.82) is 5.26 Å². The second-order valence-corrected chi connectivity index (χ2v) is 0.224. The largest absolute Gasteiger partial charge is 0.412 e. The number of nitriles is 1. The quantitative estimate of drug-likeness (QED) is 0.403. The molecular weight excluding hydrogens is 66.0 g/mol. The van der Waals surface area contributed by atoms with Crippen LogP contribution in [0.5, 0.6) is 0 Å². The summed E-state index contributed by atoms with van der Waals surface area (Å²) >= 11 is 0. The third-order valence-electron chi connectivity index (χ3n) is 0. The number of rotatable bonds is 0. The van der Waals surface area contributed by atoms with Gasteiger partial charge in [-0.1, -0.05) is 7.43 Å². The van der Waals surface area contributed by atoms with Crippen molar-refractivity contribution in [3.05, 3.63) is 7.43 Å². The number of hydrogen-bond donors (Lipinski definition) is 0. The van der Waals surface area contributed by atoms with E-state index in [1.165, 1.54) is 6.92 Å². The molecule has 31 valence electrons. The molecule has 5 heavy (non-hydrogen) atoms. The molecule has 0 aromatic heterocycles.